The molecule has 7 nitrogen and oxygen atoms in total. The lowest BCUT2D eigenvalue weighted by Crippen LogP contribution is -2.36. The second-order valence-corrected chi connectivity index (χ2v) is 7.82. The van der Waals surface area contributed by atoms with Crippen LogP contribution in [0, 0.1) is 5.92 Å². The van der Waals surface area contributed by atoms with Crippen LogP contribution < -0.4 is 5.32 Å². The van der Waals surface area contributed by atoms with Gasteiger partial charge < -0.3 is 19.5 Å². The Labute approximate surface area is 159 Å². The van der Waals surface area contributed by atoms with E-state index in [2.05, 4.69) is 10.3 Å². The number of carbonyl (C=O) groups is 2. The molecule has 0 spiro atoms. The molecule has 1 aliphatic rings. The molecule has 144 valence electrons. The normalized spacial score (nSPS) is 17.0. The molecule has 3 rings (SSSR count). The minimum absolute atomic E-state index is 0.119. The number of aromatic nitrogens is 2. The van der Waals surface area contributed by atoms with Gasteiger partial charge in [0.25, 0.3) is 0 Å². The van der Waals surface area contributed by atoms with Gasteiger partial charge in [-0.1, -0.05) is 30.3 Å². The van der Waals surface area contributed by atoms with E-state index in [1.165, 1.54) is 0 Å². The van der Waals surface area contributed by atoms with Gasteiger partial charge in [-0.05, 0) is 32.8 Å². The van der Waals surface area contributed by atoms with E-state index in [0.29, 0.717) is 31.9 Å². The van der Waals surface area contributed by atoms with Gasteiger partial charge in [-0.15, -0.1) is 0 Å². The SMILES string of the molecule is CC(C)(C)OC(=O)N1CCC(C(=O)Nc2cn(Cc3ccccc3)cn2)C1. The van der Waals surface area contributed by atoms with Crippen molar-refractivity contribution in [2.24, 2.45) is 5.92 Å². The molecule has 1 fully saturated rings. The van der Waals surface area contributed by atoms with Crippen molar-refractivity contribution in [2.45, 2.75) is 39.3 Å². The predicted octanol–water partition coefficient (Wildman–Crippen LogP) is 3.13. The number of anilines is 1. The van der Waals surface area contributed by atoms with E-state index in [0.717, 1.165) is 5.56 Å². The fourth-order valence-electron chi connectivity index (χ4n) is 3.00. The summed E-state index contributed by atoms with van der Waals surface area (Å²) in [6.45, 7) is 7.07. The van der Waals surface area contributed by atoms with Crippen LogP contribution in [0.1, 0.15) is 32.8 Å². The van der Waals surface area contributed by atoms with E-state index < -0.39 is 5.60 Å². The highest BCUT2D eigenvalue weighted by Gasteiger charge is 2.33. The summed E-state index contributed by atoms with van der Waals surface area (Å²) in [5, 5.41) is 2.85. The second-order valence-electron chi connectivity index (χ2n) is 7.82. The molecule has 0 radical (unpaired) electrons. The highest BCUT2D eigenvalue weighted by molar-refractivity contribution is 5.92. The topological polar surface area (TPSA) is 76.5 Å². The van der Waals surface area contributed by atoms with E-state index in [1.54, 1.807) is 11.2 Å². The average Bonchev–Trinajstić information content (AvgIpc) is 3.24. The minimum Gasteiger partial charge on any atom is -0.444 e. The first-order chi connectivity index (χ1) is 12.8. The third-order valence-electron chi connectivity index (χ3n) is 4.30. The number of likely N-dealkylation sites (tertiary alicyclic amines) is 1. The monoisotopic (exact) mass is 370 g/mol. The van der Waals surface area contributed by atoms with Gasteiger partial charge in [-0.2, -0.15) is 0 Å². The summed E-state index contributed by atoms with van der Waals surface area (Å²) in [5.74, 6) is 0.148. The maximum Gasteiger partial charge on any atom is 0.410 e. The number of carbonyl (C=O) groups excluding carboxylic acids is 2. The first-order valence-corrected chi connectivity index (χ1v) is 9.15. The van der Waals surface area contributed by atoms with Crippen molar-refractivity contribution < 1.29 is 14.3 Å². The van der Waals surface area contributed by atoms with Crippen molar-refractivity contribution in [1.29, 1.82) is 0 Å². The van der Waals surface area contributed by atoms with Crippen LogP contribution in [0.15, 0.2) is 42.9 Å². The number of nitrogens with one attached hydrogen (secondary N) is 1. The van der Waals surface area contributed by atoms with Gasteiger partial charge in [0.1, 0.15) is 5.60 Å². The Bertz CT molecular complexity index is 795. The first kappa shape index (κ1) is 18.9. The van der Waals surface area contributed by atoms with Crippen molar-refractivity contribution in [1.82, 2.24) is 14.5 Å². The molecule has 1 N–H and O–H groups in total. The number of benzene rings is 1. The number of nitrogens with zero attached hydrogens (tertiary/aromatic N) is 3. The zero-order valence-electron chi connectivity index (χ0n) is 16.0. The Kier molecular flexibility index (Phi) is 5.48. The number of ether oxygens (including phenoxy) is 1. The number of hydrogen-bond acceptors (Lipinski definition) is 4. The molecule has 2 aromatic rings. The first-order valence-electron chi connectivity index (χ1n) is 9.15. The van der Waals surface area contributed by atoms with Gasteiger partial charge in [-0.3, -0.25) is 4.79 Å². The van der Waals surface area contributed by atoms with Gasteiger partial charge in [0.15, 0.2) is 5.82 Å². The molecule has 2 amide bonds. The Morgan fingerprint density at radius 3 is 2.70 bits per heavy atom. The fourth-order valence-corrected chi connectivity index (χ4v) is 3.00. The minimum atomic E-state index is -0.539. The molecule has 0 saturated carbocycles. The predicted molar refractivity (Wildman–Crippen MR) is 102 cm³/mol. The summed E-state index contributed by atoms with van der Waals surface area (Å²) >= 11 is 0. The molecule has 2 heterocycles. The van der Waals surface area contributed by atoms with Crippen LogP contribution in [0.25, 0.3) is 0 Å². The lowest BCUT2D eigenvalue weighted by atomic mass is 10.1. The van der Waals surface area contributed by atoms with E-state index in [1.807, 2.05) is 61.9 Å². The molecular formula is C20H26N4O3. The number of hydrogen-bond donors (Lipinski definition) is 1. The van der Waals surface area contributed by atoms with E-state index in [9.17, 15) is 9.59 Å². The molecular weight excluding hydrogens is 344 g/mol. The van der Waals surface area contributed by atoms with E-state index in [4.69, 9.17) is 4.74 Å². The van der Waals surface area contributed by atoms with Crippen molar-refractivity contribution in [3.8, 4) is 0 Å². The third-order valence-corrected chi connectivity index (χ3v) is 4.30. The van der Waals surface area contributed by atoms with Crippen LogP contribution in [0.4, 0.5) is 10.6 Å². The lowest BCUT2D eigenvalue weighted by Gasteiger charge is -2.24. The largest absolute Gasteiger partial charge is 0.444 e. The highest BCUT2D eigenvalue weighted by atomic mass is 16.6. The molecule has 0 bridgehead atoms. The maximum absolute atomic E-state index is 12.5. The van der Waals surface area contributed by atoms with Crippen LogP contribution in [-0.2, 0) is 16.1 Å². The fraction of sp³-hybridized carbons (Fsp3) is 0.450. The van der Waals surface area contributed by atoms with Crippen LogP contribution in [0.2, 0.25) is 0 Å². The van der Waals surface area contributed by atoms with Gasteiger partial charge in [0.2, 0.25) is 5.91 Å². The molecule has 7 heteroatoms. The number of amides is 2. The Morgan fingerprint density at radius 2 is 2.00 bits per heavy atom. The molecule has 1 aromatic carbocycles. The number of rotatable bonds is 4. The van der Waals surface area contributed by atoms with Gasteiger partial charge in [0, 0.05) is 25.8 Å². The summed E-state index contributed by atoms with van der Waals surface area (Å²) in [6.07, 6.45) is 3.76. The summed E-state index contributed by atoms with van der Waals surface area (Å²) in [6, 6.07) is 10.0. The van der Waals surface area contributed by atoms with Crippen molar-refractivity contribution in [2.75, 3.05) is 18.4 Å². The Balaban J connectivity index is 1.52. The summed E-state index contributed by atoms with van der Waals surface area (Å²) < 4.78 is 7.29. The second kappa shape index (κ2) is 7.82. The third kappa shape index (κ3) is 5.32. The average molecular weight is 370 g/mol. The zero-order valence-corrected chi connectivity index (χ0v) is 16.0. The van der Waals surface area contributed by atoms with Crippen LogP contribution in [0.3, 0.4) is 0 Å². The summed E-state index contributed by atoms with van der Waals surface area (Å²) in [5.41, 5.74) is 0.625. The standard InChI is InChI=1S/C20H26N4O3/c1-20(2,3)27-19(26)24-10-9-16(12-24)18(25)22-17-13-23(14-21-17)11-15-7-5-4-6-8-15/h4-8,13-14,16H,9-12H2,1-3H3,(H,22,25). The summed E-state index contributed by atoms with van der Waals surface area (Å²) in [4.78, 5) is 30.5. The van der Waals surface area contributed by atoms with Crippen LogP contribution in [-0.4, -0.2) is 45.1 Å². The Morgan fingerprint density at radius 1 is 1.26 bits per heavy atom. The Hall–Kier alpha value is -2.83. The molecule has 27 heavy (non-hydrogen) atoms. The molecule has 1 atom stereocenters. The van der Waals surface area contributed by atoms with E-state index in [-0.39, 0.29) is 17.9 Å². The smallest absolute Gasteiger partial charge is 0.410 e. The molecule has 1 aromatic heterocycles. The zero-order chi connectivity index (χ0) is 19.4. The number of imidazole rings is 1. The van der Waals surface area contributed by atoms with Crippen LogP contribution >= 0.6 is 0 Å². The van der Waals surface area contributed by atoms with Crippen molar-refractivity contribution in [3.05, 3.63) is 48.4 Å². The quantitative estimate of drug-likeness (QED) is 0.897. The van der Waals surface area contributed by atoms with Crippen LogP contribution in [0.5, 0.6) is 0 Å². The molecule has 1 unspecified atom stereocenters. The van der Waals surface area contributed by atoms with Gasteiger partial charge in [-0.25, -0.2) is 9.78 Å². The summed E-state index contributed by atoms with van der Waals surface area (Å²) in [7, 11) is 0. The van der Waals surface area contributed by atoms with Gasteiger partial charge in [0.05, 0.1) is 12.2 Å². The molecule has 1 aliphatic heterocycles. The lowest BCUT2D eigenvalue weighted by molar-refractivity contribution is -0.119. The highest BCUT2D eigenvalue weighted by Crippen LogP contribution is 2.21. The molecule has 0 aliphatic carbocycles. The van der Waals surface area contributed by atoms with Crippen molar-refractivity contribution >= 4 is 17.8 Å². The molecule has 1 saturated heterocycles. The van der Waals surface area contributed by atoms with Gasteiger partial charge >= 0.3 is 6.09 Å². The van der Waals surface area contributed by atoms with Crippen molar-refractivity contribution in [3.63, 3.8) is 0 Å². The van der Waals surface area contributed by atoms with E-state index >= 15 is 0 Å². The maximum atomic E-state index is 12.5.